The number of fused-ring (bicyclic) bond motifs is 3. The van der Waals surface area contributed by atoms with Gasteiger partial charge in [-0.1, -0.05) is 6.42 Å². The van der Waals surface area contributed by atoms with Crippen molar-refractivity contribution in [2.24, 2.45) is 17.8 Å². The molecule has 0 unspecified atom stereocenters. The van der Waals surface area contributed by atoms with E-state index in [1.807, 2.05) is 0 Å². The monoisotopic (exact) mass is 356 g/mol. The van der Waals surface area contributed by atoms with Crippen LogP contribution in [-0.2, 0) is 11.3 Å². The number of benzene rings is 1. The SMILES string of the molecule is C[C@@H](NC(=O)CCn1ncc2ccc([N+](=O)[O-])cc21)[C@H]1C[C@H]2CC[C@H]1C2. The fourth-order valence-corrected chi connectivity index (χ4v) is 4.90. The Kier molecular flexibility index (Phi) is 4.38. The van der Waals surface area contributed by atoms with Gasteiger partial charge in [-0.3, -0.25) is 19.6 Å². The second-order valence-electron chi connectivity index (χ2n) is 7.81. The summed E-state index contributed by atoms with van der Waals surface area (Å²) in [5, 5.41) is 19.2. The highest BCUT2D eigenvalue weighted by Gasteiger charge is 2.42. The Bertz CT molecular complexity index is 846. The molecule has 1 amide bonds. The number of aromatic nitrogens is 2. The number of amides is 1. The molecule has 26 heavy (non-hydrogen) atoms. The molecule has 7 nitrogen and oxygen atoms in total. The van der Waals surface area contributed by atoms with Gasteiger partial charge in [0, 0.05) is 30.0 Å². The maximum atomic E-state index is 12.4. The zero-order valence-electron chi connectivity index (χ0n) is 14.9. The molecule has 1 heterocycles. The van der Waals surface area contributed by atoms with E-state index >= 15 is 0 Å². The van der Waals surface area contributed by atoms with Gasteiger partial charge < -0.3 is 5.32 Å². The Labute approximate surface area is 151 Å². The van der Waals surface area contributed by atoms with E-state index in [0.29, 0.717) is 24.4 Å². The van der Waals surface area contributed by atoms with Crippen LogP contribution >= 0.6 is 0 Å². The fraction of sp³-hybridized carbons (Fsp3) is 0.579. The van der Waals surface area contributed by atoms with Crippen molar-refractivity contribution in [3.63, 3.8) is 0 Å². The molecule has 1 aromatic heterocycles. The molecule has 1 N–H and O–H groups in total. The van der Waals surface area contributed by atoms with Gasteiger partial charge in [-0.15, -0.1) is 0 Å². The van der Waals surface area contributed by atoms with Crippen molar-refractivity contribution in [1.29, 1.82) is 0 Å². The van der Waals surface area contributed by atoms with Crippen LogP contribution in [0, 0.1) is 27.9 Å². The molecule has 138 valence electrons. The van der Waals surface area contributed by atoms with Crippen LogP contribution in [0.15, 0.2) is 24.4 Å². The summed E-state index contributed by atoms with van der Waals surface area (Å²) in [7, 11) is 0. The number of nitrogens with zero attached hydrogens (tertiary/aromatic N) is 3. The van der Waals surface area contributed by atoms with Crippen LogP contribution in [0.25, 0.3) is 10.9 Å². The van der Waals surface area contributed by atoms with Crippen LogP contribution in [0.2, 0.25) is 0 Å². The molecule has 7 heteroatoms. The average Bonchev–Trinajstić information content (AvgIpc) is 3.34. The van der Waals surface area contributed by atoms with Gasteiger partial charge in [-0.05, 0) is 50.0 Å². The first-order valence-electron chi connectivity index (χ1n) is 9.40. The Morgan fingerprint density at radius 1 is 1.42 bits per heavy atom. The van der Waals surface area contributed by atoms with Crippen molar-refractivity contribution in [3.05, 3.63) is 34.5 Å². The molecule has 4 rings (SSSR count). The molecule has 2 aliphatic carbocycles. The van der Waals surface area contributed by atoms with Gasteiger partial charge in [-0.25, -0.2) is 0 Å². The van der Waals surface area contributed by atoms with Gasteiger partial charge in [0.25, 0.3) is 5.69 Å². The standard InChI is InChI=1S/C19H24N4O3/c1-12(17-9-13-2-3-14(17)8-13)21-19(24)6-7-22-18-10-16(23(25)26)5-4-15(18)11-20-22/h4-5,10-14,17H,2-3,6-9H2,1H3,(H,21,24)/t12-,13+,14+,17-/m1/s1. The van der Waals surface area contributed by atoms with Crippen molar-refractivity contribution in [3.8, 4) is 0 Å². The van der Waals surface area contributed by atoms with Crippen LogP contribution in [0.3, 0.4) is 0 Å². The Balaban J connectivity index is 1.36. The number of hydrogen-bond acceptors (Lipinski definition) is 4. The third kappa shape index (κ3) is 3.18. The molecule has 2 saturated carbocycles. The minimum atomic E-state index is -0.416. The molecular formula is C19H24N4O3. The third-order valence-corrected chi connectivity index (χ3v) is 6.21. The maximum Gasteiger partial charge on any atom is 0.271 e. The summed E-state index contributed by atoms with van der Waals surface area (Å²) in [5.74, 6) is 2.29. The molecule has 1 aromatic carbocycles. The highest BCUT2D eigenvalue weighted by Crippen LogP contribution is 2.49. The summed E-state index contributed by atoms with van der Waals surface area (Å²) in [6, 6.07) is 4.89. The number of carbonyl (C=O) groups is 1. The third-order valence-electron chi connectivity index (χ3n) is 6.21. The minimum absolute atomic E-state index is 0.0226. The lowest BCUT2D eigenvalue weighted by molar-refractivity contribution is -0.384. The Morgan fingerprint density at radius 2 is 2.27 bits per heavy atom. The van der Waals surface area contributed by atoms with E-state index in [4.69, 9.17) is 0 Å². The normalized spacial score (nSPS) is 25.5. The predicted molar refractivity (Wildman–Crippen MR) is 97.5 cm³/mol. The highest BCUT2D eigenvalue weighted by atomic mass is 16.6. The predicted octanol–water partition coefficient (Wildman–Crippen LogP) is 3.28. The van der Waals surface area contributed by atoms with Crippen molar-refractivity contribution >= 4 is 22.5 Å². The average molecular weight is 356 g/mol. The molecule has 2 aromatic rings. The van der Waals surface area contributed by atoms with Crippen molar-refractivity contribution in [1.82, 2.24) is 15.1 Å². The number of nitro benzene ring substituents is 1. The largest absolute Gasteiger partial charge is 0.353 e. The van der Waals surface area contributed by atoms with E-state index in [9.17, 15) is 14.9 Å². The van der Waals surface area contributed by atoms with E-state index in [2.05, 4.69) is 17.3 Å². The fourth-order valence-electron chi connectivity index (χ4n) is 4.90. The molecule has 0 saturated heterocycles. The van der Waals surface area contributed by atoms with Crippen LogP contribution in [0.5, 0.6) is 0 Å². The molecule has 0 radical (unpaired) electrons. The Hall–Kier alpha value is -2.44. The molecule has 2 aliphatic rings. The molecular weight excluding hydrogens is 332 g/mol. The summed E-state index contributed by atoms with van der Waals surface area (Å²) >= 11 is 0. The van der Waals surface area contributed by atoms with Gasteiger partial charge in [-0.2, -0.15) is 5.10 Å². The Morgan fingerprint density at radius 3 is 2.96 bits per heavy atom. The summed E-state index contributed by atoms with van der Waals surface area (Å²) < 4.78 is 1.67. The number of hydrogen-bond donors (Lipinski definition) is 1. The van der Waals surface area contributed by atoms with Crippen LogP contribution in [0.4, 0.5) is 5.69 Å². The van der Waals surface area contributed by atoms with Gasteiger partial charge in [0.2, 0.25) is 5.91 Å². The second-order valence-corrected chi connectivity index (χ2v) is 7.81. The molecule has 4 atom stereocenters. The van der Waals surface area contributed by atoms with E-state index in [1.165, 1.54) is 37.8 Å². The van der Waals surface area contributed by atoms with Gasteiger partial charge in [0.15, 0.2) is 0 Å². The smallest absolute Gasteiger partial charge is 0.271 e. The van der Waals surface area contributed by atoms with Gasteiger partial charge in [0.05, 0.1) is 23.2 Å². The summed E-state index contributed by atoms with van der Waals surface area (Å²) in [6.07, 6.45) is 7.26. The summed E-state index contributed by atoms with van der Waals surface area (Å²) in [4.78, 5) is 22.9. The van der Waals surface area contributed by atoms with Crippen molar-refractivity contribution < 1.29 is 9.72 Å². The van der Waals surface area contributed by atoms with Crippen molar-refractivity contribution in [2.45, 2.75) is 51.6 Å². The number of aryl methyl sites for hydroxylation is 1. The summed E-state index contributed by atoms with van der Waals surface area (Å²) in [5.41, 5.74) is 0.724. The van der Waals surface area contributed by atoms with E-state index in [1.54, 1.807) is 16.9 Å². The quantitative estimate of drug-likeness (QED) is 0.635. The molecule has 0 spiro atoms. The van der Waals surface area contributed by atoms with Crippen LogP contribution < -0.4 is 5.32 Å². The zero-order chi connectivity index (χ0) is 18.3. The summed E-state index contributed by atoms with van der Waals surface area (Å²) in [6.45, 7) is 2.54. The molecule has 2 bridgehead atoms. The van der Waals surface area contributed by atoms with Crippen LogP contribution in [-0.4, -0.2) is 26.7 Å². The maximum absolute atomic E-state index is 12.4. The second kappa shape index (κ2) is 6.70. The molecule has 2 fully saturated rings. The van der Waals surface area contributed by atoms with Crippen LogP contribution in [0.1, 0.15) is 39.0 Å². The lowest BCUT2D eigenvalue weighted by atomic mass is 9.84. The van der Waals surface area contributed by atoms with Gasteiger partial charge >= 0.3 is 0 Å². The first-order valence-corrected chi connectivity index (χ1v) is 9.40. The molecule has 0 aliphatic heterocycles. The van der Waals surface area contributed by atoms with Gasteiger partial charge in [0.1, 0.15) is 0 Å². The topological polar surface area (TPSA) is 90.1 Å². The number of rotatable bonds is 6. The lowest BCUT2D eigenvalue weighted by Gasteiger charge is -2.28. The first kappa shape index (κ1) is 17.0. The lowest BCUT2D eigenvalue weighted by Crippen LogP contribution is -2.40. The van der Waals surface area contributed by atoms with E-state index in [-0.39, 0.29) is 17.6 Å². The zero-order valence-corrected chi connectivity index (χ0v) is 14.9. The van der Waals surface area contributed by atoms with E-state index in [0.717, 1.165) is 17.2 Å². The number of nitro groups is 1. The number of nitrogens with one attached hydrogen (secondary N) is 1. The van der Waals surface area contributed by atoms with Crippen molar-refractivity contribution in [2.75, 3.05) is 0 Å². The number of non-ortho nitro benzene ring substituents is 1. The minimum Gasteiger partial charge on any atom is -0.353 e. The van der Waals surface area contributed by atoms with E-state index < -0.39 is 4.92 Å². The first-order chi connectivity index (χ1) is 12.5. The highest BCUT2D eigenvalue weighted by molar-refractivity contribution is 5.81. The number of carbonyl (C=O) groups excluding carboxylic acids is 1.